The summed E-state index contributed by atoms with van der Waals surface area (Å²) in [6.45, 7) is 4.12. The van der Waals surface area contributed by atoms with Gasteiger partial charge in [-0.15, -0.1) is 0 Å². The summed E-state index contributed by atoms with van der Waals surface area (Å²) in [7, 11) is 1.88. The second-order valence-electron chi connectivity index (χ2n) is 4.90. The zero-order chi connectivity index (χ0) is 12.7. The number of fused-ring (bicyclic) bond motifs is 3. The van der Waals surface area contributed by atoms with Gasteiger partial charge in [-0.2, -0.15) is 0 Å². The number of hydrogen-bond acceptors (Lipinski definition) is 1. The van der Waals surface area contributed by atoms with E-state index < -0.39 is 0 Å². The number of benzene rings is 1. The Labute approximate surface area is 112 Å². The molecule has 2 heterocycles. The third kappa shape index (κ3) is 1.68. The number of nitrogens with zero attached hydrogens (tertiary/aromatic N) is 1. The summed E-state index contributed by atoms with van der Waals surface area (Å²) in [6, 6.07) is 8.52. The van der Waals surface area contributed by atoms with Crippen molar-refractivity contribution >= 4 is 28.2 Å². The van der Waals surface area contributed by atoms with Crippen molar-refractivity contribution < 1.29 is 0 Å². The molecule has 0 saturated heterocycles. The van der Waals surface area contributed by atoms with Crippen LogP contribution in [0, 0.1) is 0 Å². The average Bonchev–Trinajstić information content (AvgIpc) is 2.76. The van der Waals surface area contributed by atoms with Crippen LogP contribution in [0.3, 0.4) is 0 Å². The van der Waals surface area contributed by atoms with E-state index in [1.54, 1.807) is 0 Å². The van der Waals surface area contributed by atoms with Crippen LogP contribution in [0.1, 0.15) is 24.1 Å². The average molecular weight is 259 g/mol. The number of para-hydroxylation sites is 1. The minimum Gasteiger partial charge on any atom is -0.366 e. The first-order valence-electron chi connectivity index (χ1n) is 6.27. The van der Waals surface area contributed by atoms with Gasteiger partial charge in [0.25, 0.3) is 0 Å². The molecule has 1 unspecified atom stereocenters. The van der Waals surface area contributed by atoms with Gasteiger partial charge in [0.15, 0.2) is 5.11 Å². The maximum atomic E-state index is 5.34. The fourth-order valence-electron chi connectivity index (χ4n) is 2.90. The molecule has 1 aliphatic rings. The molecular formula is C14H17N3S. The Hall–Kier alpha value is -1.55. The van der Waals surface area contributed by atoms with Crippen LogP contribution < -0.4 is 5.32 Å². The summed E-state index contributed by atoms with van der Waals surface area (Å²) in [5, 5.41) is 5.24. The number of aromatic nitrogens is 1. The monoisotopic (exact) mass is 259 g/mol. The van der Waals surface area contributed by atoms with Crippen molar-refractivity contribution in [2.75, 3.05) is 13.6 Å². The van der Waals surface area contributed by atoms with Gasteiger partial charge < -0.3 is 15.2 Å². The lowest BCUT2D eigenvalue weighted by atomic mass is 9.94. The number of nitrogens with one attached hydrogen (secondary N) is 2. The highest BCUT2D eigenvalue weighted by Crippen LogP contribution is 2.34. The highest BCUT2D eigenvalue weighted by molar-refractivity contribution is 7.80. The van der Waals surface area contributed by atoms with Gasteiger partial charge in [0.2, 0.25) is 0 Å². The third-order valence-corrected chi connectivity index (χ3v) is 4.13. The summed E-state index contributed by atoms with van der Waals surface area (Å²) in [5.74, 6) is 0.496. The van der Waals surface area contributed by atoms with E-state index >= 15 is 0 Å². The van der Waals surface area contributed by atoms with Crippen molar-refractivity contribution in [3.8, 4) is 0 Å². The number of hydrogen-bond donors (Lipinski definition) is 2. The Bertz CT molecular complexity index is 602. The molecule has 1 aromatic carbocycles. The molecule has 1 aliphatic heterocycles. The molecule has 2 aromatic rings. The Balaban J connectivity index is 2.07. The highest BCUT2D eigenvalue weighted by Gasteiger charge is 2.26. The molecule has 3 nitrogen and oxygen atoms in total. The van der Waals surface area contributed by atoms with Crippen molar-refractivity contribution in [3.63, 3.8) is 0 Å². The SMILES string of the molecule is CNC(=S)N1Cc2[nH]c3ccccc3c2C(C)C1. The highest BCUT2D eigenvalue weighted by atomic mass is 32.1. The van der Waals surface area contributed by atoms with Gasteiger partial charge in [0.05, 0.1) is 6.54 Å². The first-order valence-corrected chi connectivity index (χ1v) is 6.67. The smallest absolute Gasteiger partial charge is 0.169 e. The summed E-state index contributed by atoms with van der Waals surface area (Å²) >= 11 is 5.34. The molecule has 2 N–H and O–H groups in total. The molecule has 0 aliphatic carbocycles. The van der Waals surface area contributed by atoms with Gasteiger partial charge in [-0.05, 0) is 23.8 Å². The van der Waals surface area contributed by atoms with E-state index in [2.05, 4.69) is 46.4 Å². The van der Waals surface area contributed by atoms with Gasteiger partial charge in [0, 0.05) is 36.1 Å². The van der Waals surface area contributed by atoms with Crippen LogP contribution in [0.15, 0.2) is 24.3 Å². The Kier molecular flexibility index (Phi) is 2.74. The molecule has 0 spiro atoms. The quantitative estimate of drug-likeness (QED) is 0.713. The fourth-order valence-corrected chi connectivity index (χ4v) is 3.04. The van der Waals surface area contributed by atoms with Crippen LogP contribution in [0.4, 0.5) is 0 Å². The summed E-state index contributed by atoms with van der Waals surface area (Å²) in [5.41, 5.74) is 3.99. The normalized spacial score (nSPS) is 18.8. The maximum Gasteiger partial charge on any atom is 0.169 e. The van der Waals surface area contributed by atoms with E-state index in [9.17, 15) is 0 Å². The van der Waals surface area contributed by atoms with Crippen LogP contribution >= 0.6 is 12.2 Å². The second-order valence-corrected chi connectivity index (χ2v) is 5.29. The molecular weight excluding hydrogens is 242 g/mol. The maximum absolute atomic E-state index is 5.34. The fraction of sp³-hybridized carbons (Fsp3) is 0.357. The zero-order valence-corrected chi connectivity index (χ0v) is 11.5. The summed E-state index contributed by atoms with van der Waals surface area (Å²) in [4.78, 5) is 5.75. The lowest BCUT2D eigenvalue weighted by Gasteiger charge is -2.32. The number of aromatic amines is 1. The van der Waals surface area contributed by atoms with Crippen molar-refractivity contribution in [2.45, 2.75) is 19.4 Å². The number of rotatable bonds is 0. The summed E-state index contributed by atoms with van der Waals surface area (Å²) in [6.07, 6.45) is 0. The molecule has 1 atom stereocenters. The molecule has 1 aromatic heterocycles. The van der Waals surface area contributed by atoms with E-state index in [0.29, 0.717) is 5.92 Å². The molecule has 3 rings (SSSR count). The lowest BCUT2D eigenvalue weighted by Crippen LogP contribution is -2.42. The topological polar surface area (TPSA) is 31.1 Å². The van der Waals surface area contributed by atoms with Gasteiger partial charge >= 0.3 is 0 Å². The lowest BCUT2D eigenvalue weighted by molar-refractivity contribution is 0.356. The van der Waals surface area contributed by atoms with Crippen molar-refractivity contribution in [1.82, 2.24) is 15.2 Å². The molecule has 0 bridgehead atoms. The van der Waals surface area contributed by atoms with E-state index in [1.165, 1.54) is 22.2 Å². The Morgan fingerprint density at radius 3 is 3.00 bits per heavy atom. The zero-order valence-electron chi connectivity index (χ0n) is 10.7. The predicted molar refractivity (Wildman–Crippen MR) is 78.8 cm³/mol. The molecule has 0 amide bonds. The van der Waals surface area contributed by atoms with E-state index in [-0.39, 0.29) is 0 Å². The van der Waals surface area contributed by atoms with E-state index in [4.69, 9.17) is 12.2 Å². The molecule has 94 valence electrons. The van der Waals surface area contributed by atoms with Gasteiger partial charge in [0.1, 0.15) is 0 Å². The minimum atomic E-state index is 0.496. The largest absolute Gasteiger partial charge is 0.366 e. The van der Waals surface area contributed by atoms with E-state index in [0.717, 1.165) is 18.2 Å². The standard InChI is InChI=1S/C14H17N3S/c1-9-7-17(14(18)15-2)8-12-13(9)10-5-3-4-6-11(10)16-12/h3-6,9,16H,7-8H2,1-2H3,(H,15,18). The van der Waals surface area contributed by atoms with E-state index in [1.807, 2.05) is 7.05 Å². The van der Waals surface area contributed by atoms with Crippen molar-refractivity contribution in [3.05, 3.63) is 35.5 Å². The van der Waals surface area contributed by atoms with Crippen molar-refractivity contribution in [2.24, 2.45) is 0 Å². The molecule has 0 radical (unpaired) electrons. The first kappa shape index (κ1) is 11.5. The van der Waals surface area contributed by atoms with Crippen LogP contribution in [0.25, 0.3) is 10.9 Å². The number of thiocarbonyl (C=S) groups is 1. The first-order chi connectivity index (χ1) is 8.70. The Morgan fingerprint density at radius 1 is 1.44 bits per heavy atom. The van der Waals surface area contributed by atoms with Crippen LogP contribution in [0.2, 0.25) is 0 Å². The second kappa shape index (κ2) is 4.28. The molecule has 0 saturated carbocycles. The van der Waals surface area contributed by atoms with Gasteiger partial charge in [-0.25, -0.2) is 0 Å². The van der Waals surface area contributed by atoms with Gasteiger partial charge in [-0.3, -0.25) is 0 Å². The number of H-pyrrole nitrogens is 1. The van der Waals surface area contributed by atoms with Crippen molar-refractivity contribution in [1.29, 1.82) is 0 Å². The molecule has 18 heavy (non-hydrogen) atoms. The minimum absolute atomic E-state index is 0.496. The van der Waals surface area contributed by atoms with Crippen LogP contribution in [-0.4, -0.2) is 28.6 Å². The third-order valence-electron chi connectivity index (χ3n) is 3.67. The summed E-state index contributed by atoms with van der Waals surface area (Å²) < 4.78 is 0. The van der Waals surface area contributed by atoms with Gasteiger partial charge in [-0.1, -0.05) is 25.1 Å². The molecule has 4 heteroatoms. The Morgan fingerprint density at radius 2 is 2.22 bits per heavy atom. The predicted octanol–water partition coefficient (Wildman–Crippen LogP) is 2.59. The van der Waals surface area contributed by atoms with Crippen LogP contribution in [0.5, 0.6) is 0 Å². The van der Waals surface area contributed by atoms with Crippen LogP contribution in [-0.2, 0) is 6.54 Å². The molecule has 0 fully saturated rings.